The van der Waals surface area contributed by atoms with E-state index < -0.39 is 4.92 Å². The second-order valence-electron chi connectivity index (χ2n) is 6.53. The fraction of sp³-hybridized carbons (Fsp3) is 0.316. The lowest BCUT2D eigenvalue weighted by molar-refractivity contribution is -0.384. The SMILES string of the molecule is NCc1cccc(C2CCN(C(=O)c3c(Cl)ccc([N+](=O)[O-])c3Cl)CC2)c1. The molecular weight excluding hydrogens is 389 g/mol. The van der Waals surface area contributed by atoms with Gasteiger partial charge in [-0.2, -0.15) is 0 Å². The minimum absolute atomic E-state index is 0.00360. The number of hydrogen-bond donors (Lipinski definition) is 1. The summed E-state index contributed by atoms with van der Waals surface area (Å²) in [5.74, 6) is -0.0283. The normalized spacial score (nSPS) is 15.0. The Morgan fingerprint density at radius 1 is 1.22 bits per heavy atom. The van der Waals surface area contributed by atoms with Crippen LogP contribution in [0.3, 0.4) is 0 Å². The Balaban J connectivity index is 1.76. The maximum Gasteiger partial charge on any atom is 0.288 e. The van der Waals surface area contributed by atoms with Gasteiger partial charge in [-0.15, -0.1) is 0 Å². The second kappa shape index (κ2) is 8.25. The Labute approximate surface area is 167 Å². The van der Waals surface area contributed by atoms with Gasteiger partial charge in [0.05, 0.1) is 15.5 Å². The largest absolute Gasteiger partial charge is 0.339 e. The van der Waals surface area contributed by atoms with Crippen molar-refractivity contribution in [3.63, 3.8) is 0 Å². The fourth-order valence-corrected chi connectivity index (χ4v) is 4.03. The third-order valence-electron chi connectivity index (χ3n) is 4.92. The van der Waals surface area contributed by atoms with Gasteiger partial charge in [-0.1, -0.05) is 47.5 Å². The Morgan fingerprint density at radius 3 is 2.56 bits per heavy atom. The van der Waals surface area contributed by atoms with Gasteiger partial charge >= 0.3 is 0 Å². The molecule has 3 rings (SSSR count). The minimum atomic E-state index is -0.619. The summed E-state index contributed by atoms with van der Waals surface area (Å²) in [5.41, 5.74) is 7.69. The van der Waals surface area contributed by atoms with E-state index in [1.54, 1.807) is 4.90 Å². The highest BCUT2D eigenvalue weighted by atomic mass is 35.5. The Hall–Kier alpha value is -2.15. The van der Waals surface area contributed by atoms with Crippen molar-refractivity contribution in [1.82, 2.24) is 4.90 Å². The Morgan fingerprint density at radius 2 is 1.93 bits per heavy atom. The van der Waals surface area contributed by atoms with Gasteiger partial charge in [0, 0.05) is 25.7 Å². The molecule has 6 nitrogen and oxygen atoms in total. The lowest BCUT2D eigenvalue weighted by Crippen LogP contribution is -2.38. The molecule has 2 N–H and O–H groups in total. The number of nitrogens with zero attached hydrogens (tertiary/aromatic N) is 2. The van der Waals surface area contributed by atoms with E-state index in [0.717, 1.165) is 18.4 Å². The molecule has 0 unspecified atom stereocenters. The fourth-order valence-electron chi connectivity index (χ4n) is 3.43. The Kier molecular flexibility index (Phi) is 5.99. The van der Waals surface area contributed by atoms with Gasteiger partial charge in [0.2, 0.25) is 0 Å². The van der Waals surface area contributed by atoms with E-state index in [9.17, 15) is 14.9 Å². The average molecular weight is 408 g/mol. The van der Waals surface area contributed by atoms with Crippen molar-refractivity contribution < 1.29 is 9.72 Å². The number of halogens is 2. The number of carbonyl (C=O) groups is 1. The third kappa shape index (κ3) is 4.08. The van der Waals surface area contributed by atoms with Crippen molar-refractivity contribution in [3.8, 4) is 0 Å². The van der Waals surface area contributed by atoms with Gasteiger partial charge in [0.15, 0.2) is 0 Å². The molecule has 2 aromatic carbocycles. The first kappa shape index (κ1) is 19.6. The van der Waals surface area contributed by atoms with Gasteiger partial charge < -0.3 is 10.6 Å². The summed E-state index contributed by atoms with van der Waals surface area (Å²) < 4.78 is 0. The molecule has 1 aliphatic rings. The van der Waals surface area contributed by atoms with Gasteiger partial charge in [0.1, 0.15) is 5.02 Å². The summed E-state index contributed by atoms with van der Waals surface area (Å²) >= 11 is 12.2. The predicted octanol–water partition coefficient (Wildman–Crippen LogP) is 4.38. The van der Waals surface area contributed by atoms with Gasteiger partial charge in [-0.25, -0.2) is 0 Å². The number of nitrogens with two attached hydrogens (primary N) is 1. The topological polar surface area (TPSA) is 89.5 Å². The summed E-state index contributed by atoms with van der Waals surface area (Å²) in [6, 6.07) is 10.7. The van der Waals surface area contributed by atoms with Crippen LogP contribution in [-0.2, 0) is 6.54 Å². The summed E-state index contributed by atoms with van der Waals surface area (Å²) in [6.45, 7) is 1.56. The number of likely N-dealkylation sites (tertiary alicyclic amines) is 1. The van der Waals surface area contributed by atoms with E-state index >= 15 is 0 Å². The molecule has 0 aromatic heterocycles. The van der Waals surface area contributed by atoms with Crippen LogP contribution in [0.4, 0.5) is 5.69 Å². The highest BCUT2D eigenvalue weighted by Gasteiger charge is 2.30. The summed E-state index contributed by atoms with van der Waals surface area (Å²) in [7, 11) is 0. The van der Waals surface area contributed by atoms with E-state index in [1.165, 1.54) is 17.7 Å². The van der Waals surface area contributed by atoms with Crippen LogP contribution in [0.1, 0.15) is 40.2 Å². The molecular formula is C19H19Cl2N3O3. The molecule has 1 aliphatic heterocycles. The molecule has 1 saturated heterocycles. The van der Waals surface area contributed by atoms with E-state index in [-0.39, 0.29) is 27.2 Å². The van der Waals surface area contributed by atoms with Crippen LogP contribution >= 0.6 is 23.2 Å². The van der Waals surface area contributed by atoms with Crippen LogP contribution in [0.25, 0.3) is 0 Å². The molecule has 1 amide bonds. The smallest absolute Gasteiger partial charge is 0.288 e. The van der Waals surface area contributed by atoms with Crippen molar-refractivity contribution >= 4 is 34.8 Å². The number of rotatable bonds is 4. The monoisotopic (exact) mass is 407 g/mol. The average Bonchev–Trinajstić information content (AvgIpc) is 2.67. The molecule has 1 heterocycles. The predicted molar refractivity (Wildman–Crippen MR) is 105 cm³/mol. The van der Waals surface area contributed by atoms with E-state index in [2.05, 4.69) is 12.1 Å². The molecule has 0 bridgehead atoms. The first-order valence-corrected chi connectivity index (χ1v) is 9.38. The molecule has 0 atom stereocenters. The number of carbonyl (C=O) groups excluding carboxylic acids is 1. The number of amides is 1. The molecule has 142 valence electrons. The zero-order valence-corrected chi connectivity index (χ0v) is 16.0. The maximum atomic E-state index is 12.9. The number of benzene rings is 2. The van der Waals surface area contributed by atoms with Crippen molar-refractivity contribution in [3.05, 3.63) is 73.2 Å². The van der Waals surface area contributed by atoms with Gasteiger partial charge in [-0.05, 0) is 36.0 Å². The van der Waals surface area contributed by atoms with Crippen LogP contribution < -0.4 is 5.73 Å². The number of hydrogen-bond acceptors (Lipinski definition) is 4. The summed E-state index contributed by atoms with van der Waals surface area (Å²) in [4.78, 5) is 25.0. The third-order valence-corrected chi connectivity index (χ3v) is 5.62. The lowest BCUT2D eigenvalue weighted by Gasteiger charge is -2.32. The van der Waals surface area contributed by atoms with Crippen LogP contribution in [-0.4, -0.2) is 28.8 Å². The standard InChI is InChI=1S/C19H19Cl2N3O3/c20-15-4-5-16(24(26)27)18(21)17(15)19(25)23-8-6-13(7-9-23)14-3-1-2-12(10-14)11-22/h1-5,10,13H,6-9,11,22H2. The first-order valence-electron chi connectivity index (χ1n) is 8.63. The second-order valence-corrected chi connectivity index (χ2v) is 7.31. The van der Waals surface area contributed by atoms with Gasteiger partial charge in [0.25, 0.3) is 11.6 Å². The molecule has 1 fully saturated rings. The van der Waals surface area contributed by atoms with Crippen molar-refractivity contribution in [1.29, 1.82) is 0 Å². The van der Waals surface area contributed by atoms with Crippen LogP contribution in [0, 0.1) is 10.1 Å². The molecule has 2 aromatic rings. The quantitative estimate of drug-likeness (QED) is 0.601. The molecule has 0 spiro atoms. The highest BCUT2D eigenvalue weighted by Crippen LogP contribution is 2.35. The number of piperidine rings is 1. The van der Waals surface area contributed by atoms with Crippen LogP contribution in [0.5, 0.6) is 0 Å². The first-order chi connectivity index (χ1) is 12.9. The van der Waals surface area contributed by atoms with Crippen molar-refractivity contribution in [2.75, 3.05) is 13.1 Å². The molecule has 0 aliphatic carbocycles. The zero-order chi connectivity index (χ0) is 19.6. The Bertz CT molecular complexity index is 880. The van der Waals surface area contributed by atoms with E-state index in [1.807, 2.05) is 12.1 Å². The van der Waals surface area contributed by atoms with Crippen LogP contribution in [0.2, 0.25) is 10.0 Å². The van der Waals surface area contributed by atoms with E-state index in [0.29, 0.717) is 25.6 Å². The van der Waals surface area contributed by atoms with Crippen LogP contribution in [0.15, 0.2) is 36.4 Å². The van der Waals surface area contributed by atoms with Gasteiger partial charge in [-0.3, -0.25) is 14.9 Å². The molecule has 0 saturated carbocycles. The minimum Gasteiger partial charge on any atom is -0.339 e. The molecule has 0 radical (unpaired) electrons. The summed E-state index contributed by atoms with van der Waals surface area (Å²) in [5, 5.41) is 11.0. The van der Waals surface area contributed by atoms with Crippen molar-refractivity contribution in [2.24, 2.45) is 5.73 Å². The maximum absolute atomic E-state index is 12.9. The highest BCUT2D eigenvalue weighted by molar-refractivity contribution is 6.41. The molecule has 8 heteroatoms. The lowest BCUT2D eigenvalue weighted by atomic mass is 9.88. The number of nitro groups is 1. The van der Waals surface area contributed by atoms with Crippen molar-refractivity contribution in [2.45, 2.75) is 25.3 Å². The summed E-state index contributed by atoms with van der Waals surface area (Å²) in [6.07, 6.45) is 1.59. The van der Waals surface area contributed by atoms with E-state index in [4.69, 9.17) is 28.9 Å². The molecule has 27 heavy (non-hydrogen) atoms. The number of nitro benzene ring substituents is 1. The zero-order valence-electron chi connectivity index (χ0n) is 14.5.